The van der Waals surface area contributed by atoms with E-state index in [9.17, 15) is 38.5 Å². The predicted molar refractivity (Wildman–Crippen MR) is 165 cm³/mol. The van der Waals surface area contributed by atoms with Crippen LogP contribution in [0.5, 0.6) is 0 Å². The lowest BCUT2D eigenvalue weighted by molar-refractivity contribution is -0.263. The van der Waals surface area contributed by atoms with Gasteiger partial charge in [0, 0.05) is 19.4 Å². The van der Waals surface area contributed by atoms with Crippen molar-refractivity contribution in [3.05, 3.63) is 0 Å². The molecule has 12 nitrogen and oxygen atoms in total. The molecule has 5 fully saturated rings. The molecule has 0 aromatic heterocycles. The van der Waals surface area contributed by atoms with Crippen molar-refractivity contribution in [2.45, 2.75) is 147 Å². The number of rotatable bonds is 11. The first kappa shape index (κ1) is 36.8. The third kappa shape index (κ3) is 6.57. The summed E-state index contributed by atoms with van der Waals surface area (Å²) in [6.45, 7) is 10.00. The number of methoxy groups -OCH3 is 1. The summed E-state index contributed by atoms with van der Waals surface area (Å²) in [5.41, 5.74) is -1.79. The van der Waals surface area contributed by atoms with Crippen molar-refractivity contribution in [1.82, 2.24) is 0 Å². The lowest BCUT2D eigenvalue weighted by Crippen LogP contribution is -2.68. The van der Waals surface area contributed by atoms with Crippen LogP contribution in [0.4, 0.5) is 0 Å². The Bertz CT molecular complexity index is 1170. The second-order valence-electron chi connectivity index (χ2n) is 16.2. The zero-order valence-corrected chi connectivity index (χ0v) is 29.0. The number of ether oxygens (including phenoxy) is 3. The lowest BCUT2D eigenvalue weighted by atomic mass is 9.42. The van der Waals surface area contributed by atoms with Crippen molar-refractivity contribution in [3.63, 3.8) is 0 Å². The van der Waals surface area contributed by atoms with Crippen LogP contribution in [0, 0.1) is 46.3 Å². The fourth-order valence-corrected chi connectivity index (χ4v) is 11.5. The highest BCUT2D eigenvalue weighted by molar-refractivity contribution is 7.80. The third-order valence-corrected chi connectivity index (χ3v) is 13.7. The van der Waals surface area contributed by atoms with Crippen LogP contribution in [0.15, 0.2) is 0 Å². The highest BCUT2D eigenvalue weighted by Crippen LogP contribution is 2.69. The molecule has 0 bridgehead atoms. The van der Waals surface area contributed by atoms with Crippen molar-refractivity contribution >= 4 is 10.4 Å². The molecule has 1 aliphatic heterocycles. The third-order valence-electron chi connectivity index (χ3n) is 13.3. The first-order valence-electron chi connectivity index (χ1n) is 17.2. The van der Waals surface area contributed by atoms with Crippen molar-refractivity contribution in [2.75, 3.05) is 13.7 Å². The van der Waals surface area contributed by atoms with Crippen LogP contribution in [0.1, 0.15) is 92.4 Å². The van der Waals surface area contributed by atoms with Gasteiger partial charge in [0.25, 0.3) is 0 Å². The Kier molecular flexibility index (Phi) is 10.7. The van der Waals surface area contributed by atoms with Crippen molar-refractivity contribution in [2.24, 2.45) is 46.3 Å². The molecule has 0 radical (unpaired) electrons. The Labute approximate surface area is 274 Å². The van der Waals surface area contributed by atoms with Gasteiger partial charge in [-0.2, -0.15) is 0 Å². The minimum atomic E-state index is -4.95. The van der Waals surface area contributed by atoms with Crippen LogP contribution in [0.2, 0.25) is 0 Å². The fraction of sp³-hybridized carbons (Fsp3) is 1.00. The van der Waals surface area contributed by atoms with Gasteiger partial charge in [-0.15, -0.1) is 0 Å². The zero-order chi connectivity index (χ0) is 34.0. The van der Waals surface area contributed by atoms with Crippen LogP contribution >= 0.6 is 0 Å². The quantitative estimate of drug-likeness (QED) is 0.158. The van der Waals surface area contributed by atoms with Crippen LogP contribution in [-0.4, -0.2) is 107 Å². The summed E-state index contributed by atoms with van der Waals surface area (Å²) in [5.74, 6) is -0.0767. The maximum Gasteiger partial charge on any atom is 0.217 e. The minimum absolute atomic E-state index is 0.0434. The van der Waals surface area contributed by atoms with E-state index in [1.54, 1.807) is 0 Å². The van der Waals surface area contributed by atoms with Gasteiger partial charge in [-0.25, -0.2) is 8.42 Å². The Balaban J connectivity index is 1.26. The van der Waals surface area contributed by atoms with Gasteiger partial charge in [0.05, 0.1) is 36.6 Å². The lowest BCUT2D eigenvalue weighted by Gasteiger charge is -2.66. The fourth-order valence-electron chi connectivity index (χ4n) is 11.2. The molecular formula is C33H57O12S-. The summed E-state index contributed by atoms with van der Waals surface area (Å²) in [4.78, 5) is 0. The first-order chi connectivity index (χ1) is 21.4. The van der Waals surface area contributed by atoms with Crippen molar-refractivity contribution in [1.29, 1.82) is 0 Å². The first-order valence-corrected chi connectivity index (χ1v) is 18.6. The van der Waals surface area contributed by atoms with E-state index in [-0.39, 0.29) is 58.9 Å². The monoisotopic (exact) mass is 677 g/mol. The van der Waals surface area contributed by atoms with E-state index >= 15 is 0 Å². The van der Waals surface area contributed by atoms with Crippen molar-refractivity contribution in [3.8, 4) is 0 Å². The largest absolute Gasteiger partial charge is 0.726 e. The molecule has 1 saturated heterocycles. The summed E-state index contributed by atoms with van der Waals surface area (Å²) in [7, 11) is -3.60. The van der Waals surface area contributed by atoms with Gasteiger partial charge in [-0.1, -0.05) is 34.6 Å². The molecule has 0 aromatic rings. The number of aliphatic hydroxyl groups is 5. The van der Waals surface area contributed by atoms with Crippen LogP contribution in [-0.2, 0) is 28.8 Å². The van der Waals surface area contributed by atoms with Gasteiger partial charge in [-0.3, -0.25) is 4.18 Å². The molecular weight excluding hydrogens is 620 g/mol. The van der Waals surface area contributed by atoms with Crippen LogP contribution in [0.25, 0.3) is 0 Å². The molecule has 0 unspecified atom stereocenters. The van der Waals surface area contributed by atoms with Gasteiger partial charge >= 0.3 is 0 Å². The van der Waals surface area contributed by atoms with E-state index in [2.05, 4.69) is 25.0 Å². The summed E-state index contributed by atoms with van der Waals surface area (Å²) in [6, 6.07) is 0. The molecule has 4 aliphatic carbocycles. The second kappa shape index (κ2) is 13.4. The molecule has 5 rings (SSSR count). The van der Waals surface area contributed by atoms with Crippen LogP contribution < -0.4 is 0 Å². The zero-order valence-electron chi connectivity index (χ0n) is 28.2. The molecule has 46 heavy (non-hydrogen) atoms. The highest BCUT2D eigenvalue weighted by atomic mass is 32.3. The Morgan fingerprint density at radius 3 is 2.28 bits per heavy atom. The van der Waals surface area contributed by atoms with E-state index in [0.29, 0.717) is 25.7 Å². The number of aliphatic hydroxyl groups excluding tert-OH is 4. The van der Waals surface area contributed by atoms with Gasteiger partial charge < -0.3 is 44.3 Å². The molecule has 5 N–H and O–H groups in total. The van der Waals surface area contributed by atoms with Gasteiger partial charge in [0.15, 0.2) is 6.29 Å². The molecule has 1 heterocycles. The number of hydrogen-bond acceptors (Lipinski definition) is 12. The Morgan fingerprint density at radius 2 is 1.65 bits per heavy atom. The van der Waals surface area contributed by atoms with Gasteiger partial charge in [0.2, 0.25) is 10.4 Å². The summed E-state index contributed by atoms with van der Waals surface area (Å²) >= 11 is 0. The summed E-state index contributed by atoms with van der Waals surface area (Å²) in [5, 5.41) is 56.8. The molecule has 16 atom stereocenters. The topological polar surface area (TPSA) is 195 Å². The molecule has 0 aromatic carbocycles. The second-order valence-corrected chi connectivity index (χ2v) is 17.2. The molecule has 0 spiro atoms. The maximum atomic E-state index is 12.5. The SMILES string of the molecule is CO[C@@H]1[C@@H](O)[C@H](O[C@@H](CC[C@@H](C)[C@H]2C[C@H](O)[C@@H]3[C@]2(C)CC[C@@H]2[C@@]4(C)CC[C@H](O)C[C@@H]4[C@@H](O)C[C@]23O)C(C)C)O[C@H]1COS(=O)(=O)[O-]. The molecule has 0 amide bonds. The number of hydrogen-bond donors (Lipinski definition) is 5. The summed E-state index contributed by atoms with van der Waals surface area (Å²) in [6.07, 6.45) is -0.516. The molecule has 268 valence electrons. The predicted octanol–water partition coefficient (Wildman–Crippen LogP) is 2.10. The molecule has 4 saturated carbocycles. The van der Waals surface area contributed by atoms with E-state index in [0.717, 1.165) is 25.7 Å². The Morgan fingerprint density at radius 1 is 0.978 bits per heavy atom. The van der Waals surface area contributed by atoms with Gasteiger partial charge in [0.1, 0.15) is 18.3 Å². The van der Waals surface area contributed by atoms with E-state index in [1.165, 1.54) is 7.11 Å². The Hall–Kier alpha value is -0.450. The highest BCUT2D eigenvalue weighted by Gasteiger charge is 2.70. The molecule has 5 aliphatic rings. The van der Waals surface area contributed by atoms with E-state index in [1.807, 2.05) is 13.8 Å². The molecule has 13 heteroatoms. The van der Waals surface area contributed by atoms with Crippen molar-refractivity contribution < 1.29 is 56.9 Å². The van der Waals surface area contributed by atoms with E-state index in [4.69, 9.17) is 14.2 Å². The smallest absolute Gasteiger partial charge is 0.217 e. The standard InChI is InChI=1S/C33H58O12S/c1-17(2)24(44-30-27(37)28(42-6)25(45-30)16-43-46(39,40)41)8-7-18(3)20-14-22(35)29-32(20,5)12-10-26-31(4)11-9-19(34)13-21(31)23(36)15-33(26,29)38/h17-30,34-38H,7-16H2,1-6H3,(H,39,40,41)/p-1/t18-,19+,20-,21-,22+,23+,24+,25+,26-,27-,28+,29-,30-,31+,32-,33+/m1/s1. The summed E-state index contributed by atoms with van der Waals surface area (Å²) < 4.78 is 54.6. The maximum absolute atomic E-state index is 12.5. The van der Waals surface area contributed by atoms with Crippen LogP contribution in [0.3, 0.4) is 0 Å². The van der Waals surface area contributed by atoms with Gasteiger partial charge in [-0.05, 0) is 91.8 Å². The van der Waals surface area contributed by atoms with E-state index < -0.39 is 65.5 Å². The average molecular weight is 678 g/mol. The number of fused-ring (bicyclic) bond motifs is 5. The average Bonchev–Trinajstić information content (AvgIpc) is 3.41. The minimum Gasteiger partial charge on any atom is -0.726 e. The normalized spacial score (nSPS) is 48.9.